The van der Waals surface area contributed by atoms with E-state index in [2.05, 4.69) is 20.6 Å². The summed E-state index contributed by atoms with van der Waals surface area (Å²) >= 11 is 0. The molecule has 2 aromatic heterocycles. The van der Waals surface area contributed by atoms with Crippen molar-refractivity contribution in [2.24, 2.45) is 0 Å². The second-order valence-corrected chi connectivity index (χ2v) is 7.83. The summed E-state index contributed by atoms with van der Waals surface area (Å²) in [6, 6.07) is 6.05. The van der Waals surface area contributed by atoms with Gasteiger partial charge in [-0.1, -0.05) is 0 Å². The molecule has 0 aliphatic carbocycles. The van der Waals surface area contributed by atoms with Crippen LogP contribution in [-0.4, -0.2) is 47.7 Å². The number of rotatable bonds is 7. The number of aromatic nitrogens is 2. The molecule has 0 radical (unpaired) electrons. The van der Waals surface area contributed by atoms with Gasteiger partial charge in [-0.05, 0) is 44.4 Å². The van der Waals surface area contributed by atoms with E-state index in [1.54, 1.807) is 19.1 Å². The highest BCUT2D eigenvalue weighted by molar-refractivity contribution is 5.96. The van der Waals surface area contributed by atoms with Crippen molar-refractivity contribution < 1.29 is 27.5 Å². The van der Waals surface area contributed by atoms with Gasteiger partial charge in [-0.3, -0.25) is 9.59 Å². The molecule has 3 rings (SSSR count). The zero-order valence-electron chi connectivity index (χ0n) is 18.5. The number of ether oxygens (including phenoxy) is 1. The maximum absolute atomic E-state index is 12.7. The SMILES string of the molecule is CC(=O)Nc1cc(C(=O)NCc2ccc(OCC(F)(F)F)nc2N2CCCCC2)cc(C)n1. The molecule has 1 aliphatic heterocycles. The predicted molar refractivity (Wildman–Crippen MR) is 116 cm³/mol. The van der Waals surface area contributed by atoms with Crippen LogP contribution >= 0.6 is 0 Å². The fourth-order valence-corrected chi connectivity index (χ4v) is 3.54. The first-order chi connectivity index (χ1) is 15.6. The maximum Gasteiger partial charge on any atom is 0.422 e. The summed E-state index contributed by atoms with van der Waals surface area (Å²) in [5, 5.41) is 5.37. The van der Waals surface area contributed by atoms with Crippen molar-refractivity contribution in [3.05, 3.63) is 41.1 Å². The minimum atomic E-state index is -4.46. The first-order valence-corrected chi connectivity index (χ1v) is 10.6. The van der Waals surface area contributed by atoms with Gasteiger partial charge in [0.05, 0.1) is 0 Å². The van der Waals surface area contributed by atoms with Crippen molar-refractivity contribution in [1.82, 2.24) is 15.3 Å². The summed E-state index contributed by atoms with van der Waals surface area (Å²) in [6.07, 6.45) is -1.49. The van der Waals surface area contributed by atoms with Crippen molar-refractivity contribution in [3.63, 3.8) is 0 Å². The van der Waals surface area contributed by atoms with E-state index in [1.165, 1.54) is 19.1 Å². The van der Waals surface area contributed by atoms with E-state index in [9.17, 15) is 22.8 Å². The van der Waals surface area contributed by atoms with Gasteiger partial charge in [0.1, 0.15) is 11.6 Å². The smallest absolute Gasteiger partial charge is 0.422 e. The second kappa shape index (κ2) is 10.5. The summed E-state index contributed by atoms with van der Waals surface area (Å²) in [7, 11) is 0. The third-order valence-corrected chi connectivity index (χ3v) is 4.93. The molecule has 8 nitrogen and oxygen atoms in total. The lowest BCUT2D eigenvalue weighted by atomic mass is 10.1. The highest BCUT2D eigenvalue weighted by atomic mass is 19.4. The van der Waals surface area contributed by atoms with Crippen LogP contribution < -0.4 is 20.3 Å². The summed E-state index contributed by atoms with van der Waals surface area (Å²) in [6.45, 7) is 3.20. The van der Waals surface area contributed by atoms with E-state index < -0.39 is 12.8 Å². The molecule has 0 saturated carbocycles. The number of nitrogens with zero attached hydrogens (tertiary/aromatic N) is 3. The fourth-order valence-electron chi connectivity index (χ4n) is 3.54. The average molecular weight is 465 g/mol. The van der Waals surface area contributed by atoms with E-state index in [-0.39, 0.29) is 30.1 Å². The number of hydrogen-bond donors (Lipinski definition) is 2. The van der Waals surface area contributed by atoms with Gasteiger partial charge in [-0.15, -0.1) is 0 Å². The van der Waals surface area contributed by atoms with E-state index in [0.717, 1.165) is 32.4 Å². The minimum absolute atomic E-state index is 0.118. The zero-order chi connectivity index (χ0) is 24.0. The Morgan fingerprint density at radius 3 is 2.52 bits per heavy atom. The highest BCUT2D eigenvalue weighted by Gasteiger charge is 2.29. The Labute approximate surface area is 189 Å². The molecule has 178 valence electrons. The lowest BCUT2D eigenvalue weighted by molar-refractivity contribution is -0.154. The molecule has 2 aromatic rings. The third kappa shape index (κ3) is 7.33. The van der Waals surface area contributed by atoms with Crippen LogP contribution in [0, 0.1) is 6.92 Å². The van der Waals surface area contributed by atoms with Crippen molar-refractivity contribution >= 4 is 23.5 Å². The lowest BCUT2D eigenvalue weighted by Gasteiger charge is -2.29. The molecular weight excluding hydrogens is 439 g/mol. The van der Waals surface area contributed by atoms with Gasteiger partial charge in [-0.25, -0.2) is 4.98 Å². The molecule has 0 bridgehead atoms. The predicted octanol–water partition coefficient (Wildman–Crippen LogP) is 3.60. The fraction of sp³-hybridized carbons (Fsp3) is 0.455. The van der Waals surface area contributed by atoms with Crippen molar-refractivity contribution in [1.29, 1.82) is 0 Å². The van der Waals surface area contributed by atoms with E-state index in [0.29, 0.717) is 22.6 Å². The van der Waals surface area contributed by atoms with Gasteiger partial charge in [0.25, 0.3) is 5.91 Å². The molecule has 2 N–H and O–H groups in total. The van der Waals surface area contributed by atoms with Crippen LogP contribution in [0.5, 0.6) is 5.88 Å². The maximum atomic E-state index is 12.7. The molecule has 0 atom stereocenters. The highest BCUT2D eigenvalue weighted by Crippen LogP contribution is 2.26. The number of halogens is 3. The zero-order valence-corrected chi connectivity index (χ0v) is 18.5. The Hall–Kier alpha value is -3.37. The largest absolute Gasteiger partial charge is 0.468 e. The number of piperidine rings is 1. The van der Waals surface area contributed by atoms with E-state index >= 15 is 0 Å². The van der Waals surface area contributed by atoms with Gasteiger partial charge in [0.15, 0.2) is 6.61 Å². The first kappa shape index (κ1) is 24.3. The molecule has 3 heterocycles. The number of hydrogen-bond acceptors (Lipinski definition) is 6. The van der Waals surface area contributed by atoms with Gasteiger partial charge < -0.3 is 20.3 Å². The molecule has 1 aliphatic rings. The van der Waals surface area contributed by atoms with Crippen molar-refractivity contribution in [2.45, 2.75) is 45.8 Å². The van der Waals surface area contributed by atoms with E-state index in [1.807, 2.05) is 4.90 Å². The number of carbonyl (C=O) groups excluding carboxylic acids is 2. The molecular formula is C22H26F3N5O3. The van der Waals surface area contributed by atoms with Crippen molar-refractivity contribution in [2.75, 3.05) is 29.9 Å². The molecule has 1 saturated heterocycles. The number of anilines is 2. The quantitative estimate of drug-likeness (QED) is 0.649. The number of carbonyl (C=O) groups is 2. The normalized spacial score (nSPS) is 14.0. The second-order valence-electron chi connectivity index (χ2n) is 7.83. The molecule has 0 spiro atoms. The van der Waals surface area contributed by atoms with Crippen LogP contribution in [0.15, 0.2) is 24.3 Å². The monoisotopic (exact) mass is 465 g/mol. The standard InChI is InChI=1S/C22H26F3N5O3/c1-14-10-17(11-18(27-14)28-15(2)31)21(32)26-12-16-6-7-19(33-13-22(23,24)25)29-20(16)30-8-4-3-5-9-30/h6-7,10-11H,3-5,8-9,12-13H2,1-2H3,(H,26,32)(H,27,28,31). The topological polar surface area (TPSA) is 96.5 Å². The number of amides is 2. The van der Waals surface area contributed by atoms with Crippen LogP contribution in [0.2, 0.25) is 0 Å². The summed E-state index contributed by atoms with van der Waals surface area (Å²) in [5.41, 5.74) is 1.55. The van der Waals surface area contributed by atoms with Gasteiger partial charge in [0.2, 0.25) is 11.8 Å². The Bertz CT molecular complexity index is 1010. The molecule has 33 heavy (non-hydrogen) atoms. The number of nitrogens with one attached hydrogen (secondary N) is 2. The van der Waals surface area contributed by atoms with Crippen LogP contribution in [0.1, 0.15) is 47.8 Å². The van der Waals surface area contributed by atoms with Crippen LogP contribution in [0.4, 0.5) is 24.8 Å². The number of pyridine rings is 2. The summed E-state index contributed by atoms with van der Waals surface area (Å²) < 4.78 is 42.4. The Balaban J connectivity index is 1.77. The summed E-state index contributed by atoms with van der Waals surface area (Å²) in [5.74, 6) is -0.0275. The lowest BCUT2D eigenvalue weighted by Crippen LogP contribution is -2.32. The van der Waals surface area contributed by atoms with Crippen LogP contribution in [0.25, 0.3) is 0 Å². The van der Waals surface area contributed by atoms with Crippen molar-refractivity contribution in [3.8, 4) is 5.88 Å². The molecule has 1 fully saturated rings. The minimum Gasteiger partial charge on any atom is -0.468 e. The van der Waals surface area contributed by atoms with Crippen LogP contribution in [0.3, 0.4) is 0 Å². The Kier molecular flexibility index (Phi) is 7.72. The van der Waals surface area contributed by atoms with Gasteiger partial charge in [-0.2, -0.15) is 18.2 Å². The molecule has 11 heteroatoms. The summed E-state index contributed by atoms with van der Waals surface area (Å²) in [4.78, 5) is 34.5. The molecule has 0 unspecified atom stereocenters. The first-order valence-electron chi connectivity index (χ1n) is 10.6. The average Bonchev–Trinajstić information content (AvgIpc) is 2.75. The number of aryl methyl sites for hydroxylation is 1. The van der Waals surface area contributed by atoms with Gasteiger partial charge in [0, 0.05) is 49.4 Å². The number of alkyl halides is 3. The van der Waals surface area contributed by atoms with E-state index in [4.69, 9.17) is 4.74 Å². The van der Waals surface area contributed by atoms with Crippen LogP contribution in [-0.2, 0) is 11.3 Å². The molecule has 0 aromatic carbocycles. The van der Waals surface area contributed by atoms with Gasteiger partial charge >= 0.3 is 6.18 Å². The Morgan fingerprint density at radius 2 is 1.85 bits per heavy atom. The Morgan fingerprint density at radius 1 is 1.12 bits per heavy atom. The third-order valence-electron chi connectivity index (χ3n) is 4.93. The molecule has 2 amide bonds.